The number of hydrogen-bond donors (Lipinski definition) is 0. The molecule has 2 aromatic rings. The van der Waals surface area contributed by atoms with Crippen molar-refractivity contribution in [1.29, 1.82) is 0 Å². The minimum absolute atomic E-state index is 0.0634. The van der Waals surface area contributed by atoms with Gasteiger partial charge in [0.15, 0.2) is 0 Å². The van der Waals surface area contributed by atoms with Gasteiger partial charge in [-0.15, -0.1) is 0 Å². The molecule has 1 amide bonds. The number of ether oxygens (including phenoxy) is 1. The van der Waals surface area contributed by atoms with Gasteiger partial charge in [-0.2, -0.15) is 0 Å². The Bertz CT molecular complexity index is 895. The lowest BCUT2D eigenvalue weighted by molar-refractivity contribution is -0.134. The van der Waals surface area contributed by atoms with Gasteiger partial charge in [0.2, 0.25) is 5.91 Å². The summed E-state index contributed by atoms with van der Waals surface area (Å²) in [5.41, 5.74) is 0.763. The van der Waals surface area contributed by atoms with Gasteiger partial charge in [-0.05, 0) is 37.6 Å². The number of amides is 1. The maximum atomic E-state index is 13.5. The van der Waals surface area contributed by atoms with Gasteiger partial charge >= 0.3 is 0 Å². The molecule has 0 bridgehead atoms. The summed E-state index contributed by atoms with van der Waals surface area (Å²) in [5.74, 6) is -2.29. The molecule has 2 fully saturated rings. The molecule has 4 rings (SSSR count). The van der Waals surface area contributed by atoms with Crippen LogP contribution in [0, 0.1) is 0 Å². The zero-order valence-corrected chi connectivity index (χ0v) is 16.3. The van der Waals surface area contributed by atoms with Gasteiger partial charge in [0.25, 0.3) is 5.92 Å². The number of halogens is 3. The molecular formula is C20H22ClF2N3O2. The minimum atomic E-state index is -2.78. The Morgan fingerprint density at radius 2 is 2.21 bits per heavy atom. The standard InChI is InChI=1S/C20H22ClF2N3O2/c1-13-9-20(22,23)12-26(13)19(27)11-25-7-5-15(10-25)28-18-4-6-24-17-8-14(21)2-3-16(17)18/h2-4,6,8,13,15H,5,7,9-12H2,1H3/t13-,15+/m1/s1. The number of alkyl halides is 2. The zero-order chi connectivity index (χ0) is 19.9. The van der Waals surface area contributed by atoms with Crippen LogP contribution in [0.4, 0.5) is 8.78 Å². The highest BCUT2D eigenvalue weighted by atomic mass is 35.5. The Balaban J connectivity index is 1.37. The van der Waals surface area contributed by atoms with Gasteiger partial charge in [-0.1, -0.05) is 11.6 Å². The van der Waals surface area contributed by atoms with Crippen LogP contribution in [-0.2, 0) is 4.79 Å². The number of carbonyl (C=O) groups is 1. The number of nitrogens with zero attached hydrogens (tertiary/aromatic N) is 3. The van der Waals surface area contributed by atoms with Gasteiger partial charge in [-0.25, -0.2) is 8.78 Å². The van der Waals surface area contributed by atoms with E-state index in [1.54, 1.807) is 25.3 Å². The Morgan fingerprint density at radius 1 is 1.39 bits per heavy atom. The third kappa shape index (κ3) is 4.05. The molecule has 5 nitrogen and oxygen atoms in total. The Morgan fingerprint density at radius 3 is 2.96 bits per heavy atom. The van der Waals surface area contributed by atoms with Crippen molar-refractivity contribution in [3.63, 3.8) is 0 Å². The summed E-state index contributed by atoms with van der Waals surface area (Å²) in [5, 5.41) is 1.50. The molecule has 1 aromatic carbocycles. The van der Waals surface area contributed by atoms with Crippen molar-refractivity contribution >= 4 is 28.4 Å². The van der Waals surface area contributed by atoms with Crippen molar-refractivity contribution in [2.45, 2.75) is 37.8 Å². The average molecular weight is 410 g/mol. The molecule has 0 unspecified atom stereocenters. The Hall–Kier alpha value is -1.99. The molecule has 1 aromatic heterocycles. The van der Waals surface area contributed by atoms with Crippen LogP contribution >= 0.6 is 11.6 Å². The number of benzene rings is 1. The van der Waals surface area contributed by atoms with E-state index >= 15 is 0 Å². The molecule has 3 heterocycles. The topological polar surface area (TPSA) is 45.7 Å². The van der Waals surface area contributed by atoms with E-state index in [0.717, 1.165) is 23.1 Å². The Kier molecular flexibility index (Phi) is 5.14. The summed E-state index contributed by atoms with van der Waals surface area (Å²) in [4.78, 5) is 20.0. The van der Waals surface area contributed by atoms with Gasteiger partial charge < -0.3 is 9.64 Å². The number of likely N-dealkylation sites (tertiary alicyclic amines) is 2. The van der Waals surface area contributed by atoms with Crippen LogP contribution in [0.15, 0.2) is 30.5 Å². The Labute approximate surface area is 167 Å². The molecule has 8 heteroatoms. The first kappa shape index (κ1) is 19.3. The zero-order valence-electron chi connectivity index (χ0n) is 15.6. The van der Waals surface area contributed by atoms with Crippen LogP contribution in [0.1, 0.15) is 19.8 Å². The van der Waals surface area contributed by atoms with Crippen LogP contribution < -0.4 is 4.74 Å². The highest BCUT2D eigenvalue weighted by Gasteiger charge is 2.45. The second-order valence-electron chi connectivity index (χ2n) is 7.66. The van der Waals surface area contributed by atoms with Gasteiger partial charge in [-0.3, -0.25) is 14.7 Å². The van der Waals surface area contributed by atoms with E-state index in [-0.39, 0.29) is 25.0 Å². The average Bonchev–Trinajstić information content (AvgIpc) is 3.17. The lowest BCUT2D eigenvalue weighted by Crippen LogP contribution is -2.42. The summed E-state index contributed by atoms with van der Waals surface area (Å²) >= 11 is 6.02. The van der Waals surface area contributed by atoms with Crippen molar-refractivity contribution in [2.75, 3.05) is 26.2 Å². The number of aromatic nitrogens is 1. The summed E-state index contributed by atoms with van der Waals surface area (Å²) < 4.78 is 33.2. The number of rotatable bonds is 4. The fourth-order valence-corrected chi connectivity index (χ4v) is 4.21. The highest BCUT2D eigenvalue weighted by Crippen LogP contribution is 2.32. The van der Waals surface area contributed by atoms with Gasteiger partial charge in [0, 0.05) is 42.2 Å². The predicted molar refractivity (Wildman–Crippen MR) is 103 cm³/mol. The van der Waals surface area contributed by atoms with Crippen molar-refractivity contribution in [1.82, 2.24) is 14.8 Å². The van der Waals surface area contributed by atoms with E-state index in [0.29, 0.717) is 18.1 Å². The van der Waals surface area contributed by atoms with Gasteiger partial charge in [0.1, 0.15) is 11.9 Å². The number of hydrogen-bond acceptors (Lipinski definition) is 4. The van der Waals surface area contributed by atoms with E-state index in [9.17, 15) is 13.6 Å². The van der Waals surface area contributed by atoms with Crippen LogP contribution in [0.25, 0.3) is 10.9 Å². The third-order valence-corrected chi connectivity index (χ3v) is 5.63. The lowest BCUT2D eigenvalue weighted by atomic mass is 10.2. The lowest BCUT2D eigenvalue weighted by Gasteiger charge is -2.24. The second-order valence-corrected chi connectivity index (χ2v) is 8.10. The molecule has 0 N–H and O–H groups in total. The summed E-state index contributed by atoms with van der Waals surface area (Å²) in [7, 11) is 0. The monoisotopic (exact) mass is 409 g/mol. The molecule has 0 radical (unpaired) electrons. The minimum Gasteiger partial charge on any atom is -0.488 e. The van der Waals surface area contributed by atoms with E-state index in [2.05, 4.69) is 4.98 Å². The normalized spacial score (nSPS) is 24.8. The molecule has 2 atom stereocenters. The van der Waals surface area contributed by atoms with Crippen LogP contribution in [0.5, 0.6) is 5.75 Å². The van der Waals surface area contributed by atoms with E-state index in [4.69, 9.17) is 16.3 Å². The SMILES string of the molecule is C[C@@H]1CC(F)(F)CN1C(=O)CN1CC[C@H](Oc2ccnc3cc(Cl)ccc23)C1. The fraction of sp³-hybridized carbons (Fsp3) is 0.500. The third-order valence-electron chi connectivity index (χ3n) is 5.39. The van der Waals surface area contributed by atoms with E-state index in [1.807, 2.05) is 17.0 Å². The second kappa shape index (κ2) is 7.44. The first-order valence-corrected chi connectivity index (χ1v) is 9.79. The molecule has 0 saturated carbocycles. The molecule has 150 valence electrons. The number of pyridine rings is 1. The molecule has 2 saturated heterocycles. The molecule has 2 aliphatic rings. The maximum Gasteiger partial charge on any atom is 0.267 e. The molecule has 0 spiro atoms. The van der Waals surface area contributed by atoms with Crippen LogP contribution in [0.2, 0.25) is 5.02 Å². The summed E-state index contributed by atoms with van der Waals surface area (Å²) in [6.45, 7) is 2.63. The largest absolute Gasteiger partial charge is 0.488 e. The molecule has 0 aliphatic carbocycles. The number of carbonyl (C=O) groups excluding carboxylic acids is 1. The maximum absolute atomic E-state index is 13.5. The molecule has 2 aliphatic heterocycles. The molecule has 28 heavy (non-hydrogen) atoms. The number of fused-ring (bicyclic) bond motifs is 1. The summed E-state index contributed by atoms with van der Waals surface area (Å²) in [6.07, 6.45) is 2.13. The smallest absolute Gasteiger partial charge is 0.267 e. The van der Waals surface area contributed by atoms with Crippen molar-refractivity contribution < 1.29 is 18.3 Å². The summed E-state index contributed by atoms with van der Waals surface area (Å²) in [6, 6.07) is 6.86. The fourth-order valence-electron chi connectivity index (χ4n) is 4.04. The predicted octanol–water partition coefficient (Wildman–Crippen LogP) is 3.60. The highest BCUT2D eigenvalue weighted by molar-refractivity contribution is 6.31. The van der Waals surface area contributed by atoms with Crippen molar-refractivity contribution in [2.24, 2.45) is 0 Å². The van der Waals surface area contributed by atoms with Crippen molar-refractivity contribution in [3.05, 3.63) is 35.5 Å². The van der Waals surface area contributed by atoms with Crippen molar-refractivity contribution in [3.8, 4) is 5.75 Å². The quantitative estimate of drug-likeness (QED) is 0.774. The molecular weight excluding hydrogens is 388 g/mol. The van der Waals surface area contributed by atoms with Crippen LogP contribution in [0.3, 0.4) is 0 Å². The first-order chi connectivity index (χ1) is 13.3. The van der Waals surface area contributed by atoms with Crippen LogP contribution in [-0.4, -0.2) is 64.9 Å². The van der Waals surface area contributed by atoms with Gasteiger partial charge in [0.05, 0.1) is 18.6 Å². The first-order valence-electron chi connectivity index (χ1n) is 9.41. The van der Waals surface area contributed by atoms with E-state index < -0.39 is 18.5 Å². The van der Waals surface area contributed by atoms with E-state index in [1.165, 1.54) is 4.90 Å².